The minimum Gasteiger partial charge on any atom is -0.363 e. The van der Waals surface area contributed by atoms with Crippen LogP contribution in [0.25, 0.3) is 11.3 Å². The number of carbonyl (C=O) groups excluding carboxylic acids is 3. The zero-order valence-corrected chi connectivity index (χ0v) is 14.4. The summed E-state index contributed by atoms with van der Waals surface area (Å²) in [6.07, 6.45) is 0.595. The van der Waals surface area contributed by atoms with Crippen LogP contribution < -0.4 is 11.1 Å². The van der Waals surface area contributed by atoms with E-state index in [0.717, 1.165) is 0 Å². The van der Waals surface area contributed by atoms with Crippen LogP contribution in [0.1, 0.15) is 36.3 Å². The van der Waals surface area contributed by atoms with Gasteiger partial charge in [0.15, 0.2) is 5.76 Å². The van der Waals surface area contributed by atoms with Gasteiger partial charge in [-0.1, -0.05) is 55.8 Å². The summed E-state index contributed by atoms with van der Waals surface area (Å²) in [4.78, 5) is 36.1. The van der Waals surface area contributed by atoms with Crippen LogP contribution in [0.5, 0.6) is 0 Å². The van der Waals surface area contributed by atoms with E-state index in [2.05, 4.69) is 10.5 Å². The Hall–Kier alpha value is -2.96. The predicted molar refractivity (Wildman–Crippen MR) is 91.6 cm³/mol. The third kappa shape index (κ3) is 3.93. The largest absolute Gasteiger partial charge is 0.363 e. The van der Waals surface area contributed by atoms with Crippen LogP contribution in [0.15, 0.2) is 34.9 Å². The number of amides is 2. The van der Waals surface area contributed by atoms with Crippen molar-refractivity contribution in [3.8, 4) is 11.3 Å². The van der Waals surface area contributed by atoms with E-state index in [1.165, 1.54) is 0 Å². The highest BCUT2D eigenvalue weighted by atomic mass is 16.5. The third-order valence-corrected chi connectivity index (χ3v) is 4.15. The minimum absolute atomic E-state index is 0.233. The van der Waals surface area contributed by atoms with Crippen LogP contribution in [-0.2, 0) is 9.59 Å². The summed E-state index contributed by atoms with van der Waals surface area (Å²) in [5.74, 6) is -2.36. The van der Waals surface area contributed by atoms with Crippen molar-refractivity contribution in [3.63, 3.8) is 0 Å². The van der Waals surface area contributed by atoms with Crippen molar-refractivity contribution in [3.05, 3.63) is 41.6 Å². The fourth-order valence-electron chi connectivity index (χ4n) is 2.49. The lowest BCUT2D eigenvalue weighted by molar-refractivity contribution is -0.137. The molecule has 7 nitrogen and oxygen atoms in total. The monoisotopic (exact) mass is 343 g/mol. The first-order valence-corrected chi connectivity index (χ1v) is 8.03. The summed E-state index contributed by atoms with van der Waals surface area (Å²) in [5, 5.41) is 6.47. The van der Waals surface area contributed by atoms with Gasteiger partial charge < -0.3 is 15.6 Å². The van der Waals surface area contributed by atoms with E-state index in [1.807, 2.05) is 25.1 Å². The first-order chi connectivity index (χ1) is 11.9. The highest BCUT2D eigenvalue weighted by Gasteiger charge is 2.32. The van der Waals surface area contributed by atoms with Gasteiger partial charge in [-0.25, -0.2) is 0 Å². The average molecular weight is 343 g/mol. The lowest BCUT2D eigenvalue weighted by Gasteiger charge is -2.21. The van der Waals surface area contributed by atoms with Crippen LogP contribution in [-0.4, -0.2) is 28.8 Å². The molecule has 2 rings (SSSR count). The summed E-state index contributed by atoms with van der Waals surface area (Å²) in [6, 6.07) is 8.06. The molecule has 0 saturated heterocycles. The molecule has 7 heteroatoms. The smallest absolute Gasteiger partial charge is 0.287 e. The lowest BCUT2D eigenvalue weighted by Crippen LogP contribution is -2.49. The maximum atomic E-state index is 12.8. The molecule has 0 unspecified atom stereocenters. The molecule has 0 aliphatic rings. The molecule has 0 aliphatic carbocycles. The number of hydrogen-bond donors (Lipinski definition) is 2. The Morgan fingerprint density at radius 2 is 1.88 bits per heavy atom. The number of Topliss-reactive ketones (excluding diaryl/α,β-unsaturated/α-hetero) is 1. The number of carbonyl (C=O) groups is 3. The number of aryl methyl sites for hydroxylation is 1. The number of rotatable bonds is 7. The fourth-order valence-corrected chi connectivity index (χ4v) is 2.49. The molecule has 132 valence electrons. The molecule has 0 aliphatic heterocycles. The van der Waals surface area contributed by atoms with Gasteiger partial charge >= 0.3 is 0 Å². The van der Waals surface area contributed by atoms with Crippen LogP contribution >= 0.6 is 0 Å². The van der Waals surface area contributed by atoms with E-state index in [-0.39, 0.29) is 11.5 Å². The van der Waals surface area contributed by atoms with Crippen molar-refractivity contribution < 1.29 is 18.9 Å². The first-order valence-electron chi connectivity index (χ1n) is 8.03. The maximum Gasteiger partial charge on any atom is 0.287 e. The Labute approximate surface area is 145 Å². The zero-order valence-electron chi connectivity index (χ0n) is 14.4. The van der Waals surface area contributed by atoms with Crippen LogP contribution in [0, 0.1) is 12.8 Å². The molecule has 2 atom stereocenters. The molecular weight excluding hydrogens is 322 g/mol. The number of hydrogen-bond acceptors (Lipinski definition) is 5. The molecule has 1 aromatic heterocycles. The topological polar surface area (TPSA) is 115 Å². The highest BCUT2D eigenvalue weighted by Crippen LogP contribution is 2.26. The van der Waals surface area contributed by atoms with E-state index >= 15 is 0 Å². The van der Waals surface area contributed by atoms with Crippen molar-refractivity contribution in [2.45, 2.75) is 33.2 Å². The molecule has 0 radical (unpaired) electrons. The lowest BCUT2D eigenvalue weighted by atomic mass is 9.94. The predicted octanol–water partition coefficient (Wildman–Crippen LogP) is 1.85. The van der Waals surface area contributed by atoms with Crippen LogP contribution in [0.2, 0.25) is 0 Å². The Bertz CT molecular complexity index is 783. The van der Waals surface area contributed by atoms with Crippen molar-refractivity contribution in [1.82, 2.24) is 10.5 Å². The Kier molecular flexibility index (Phi) is 5.69. The molecule has 2 amide bonds. The van der Waals surface area contributed by atoms with Gasteiger partial charge in [-0.2, -0.15) is 0 Å². The average Bonchev–Trinajstić information content (AvgIpc) is 3.00. The summed E-state index contributed by atoms with van der Waals surface area (Å²) < 4.78 is 5.29. The molecular formula is C18H21N3O4. The summed E-state index contributed by atoms with van der Waals surface area (Å²) in [5.41, 5.74) is 6.42. The van der Waals surface area contributed by atoms with Crippen molar-refractivity contribution in [1.29, 1.82) is 0 Å². The van der Waals surface area contributed by atoms with Crippen molar-refractivity contribution in [2.24, 2.45) is 11.7 Å². The maximum absolute atomic E-state index is 12.8. The van der Waals surface area contributed by atoms with E-state index in [0.29, 0.717) is 23.4 Å². The quantitative estimate of drug-likeness (QED) is 0.744. The normalized spacial score (nSPS) is 13.1. The second-order valence-electron chi connectivity index (χ2n) is 5.90. The Balaban J connectivity index is 2.36. The molecule has 0 bridgehead atoms. The number of nitrogens with two attached hydrogens (primary N) is 1. The highest BCUT2D eigenvalue weighted by molar-refractivity contribution is 6.38. The molecule has 1 heterocycles. The minimum atomic E-state index is -1.07. The molecule has 1 aromatic carbocycles. The van der Waals surface area contributed by atoms with Crippen molar-refractivity contribution in [2.75, 3.05) is 0 Å². The number of nitrogens with zero attached hydrogens (tertiary/aromatic N) is 1. The SMILES string of the molecule is CC[C@@H](C)[C@H](NC(=O)c1c(C)noc1-c1ccccc1)C(=O)C(N)=O. The summed E-state index contributed by atoms with van der Waals surface area (Å²) in [6.45, 7) is 5.27. The van der Waals surface area contributed by atoms with Gasteiger partial charge in [-0.3, -0.25) is 14.4 Å². The number of ketones is 1. The second-order valence-corrected chi connectivity index (χ2v) is 5.90. The second kappa shape index (κ2) is 7.74. The Morgan fingerprint density at radius 1 is 1.24 bits per heavy atom. The standard InChI is InChI=1S/C18H21N3O4/c1-4-10(2)14(15(22)17(19)23)20-18(24)13-11(3)21-25-16(13)12-8-6-5-7-9-12/h5-10,14H,4H2,1-3H3,(H2,19,23)(H,20,24)/t10-,14+/m1/s1. The van der Waals surface area contributed by atoms with Gasteiger partial charge in [-0.05, 0) is 12.8 Å². The fraction of sp³-hybridized carbons (Fsp3) is 0.333. The summed E-state index contributed by atoms with van der Waals surface area (Å²) >= 11 is 0. The van der Waals surface area contributed by atoms with E-state index < -0.39 is 23.6 Å². The number of aromatic nitrogens is 1. The molecule has 25 heavy (non-hydrogen) atoms. The number of nitrogens with one attached hydrogen (secondary N) is 1. The van der Waals surface area contributed by atoms with Gasteiger partial charge in [-0.15, -0.1) is 0 Å². The van der Waals surface area contributed by atoms with Crippen LogP contribution in [0.4, 0.5) is 0 Å². The van der Waals surface area contributed by atoms with Gasteiger partial charge in [0, 0.05) is 5.56 Å². The van der Waals surface area contributed by atoms with Gasteiger partial charge in [0.05, 0.1) is 5.69 Å². The molecule has 2 aromatic rings. The molecule has 0 saturated carbocycles. The molecule has 0 fully saturated rings. The van der Waals surface area contributed by atoms with E-state index in [9.17, 15) is 14.4 Å². The summed E-state index contributed by atoms with van der Waals surface area (Å²) in [7, 11) is 0. The van der Waals surface area contributed by atoms with Crippen LogP contribution in [0.3, 0.4) is 0 Å². The van der Waals surface area contributed by atoms with Crippen molar-refractivity contribution >= 4 is 17.6 Å². The first kappa shape index (κ1) is 18.4. The Morgan fingerprint density at radius 3 is 2.44 bits per heavy atom. The molecule has 0 spiro atoms. The zero-order chi connectivity index (χ0) is 18.6. The van der Waals surface area contributed by atoms with Gasteiger partial charge in [0.25, 0.3) is 11.8 Å². The third-order valence-electron chi connectivity index (χ3n) is 4.15. The number of primary amides is 1. The molecule has 3 N–H and O–H groups in total. The van der Waals surface area contributed by atoms with Gasteiger partial charge in [0.2, 0.25) is 5.78 Å². The van der Waals surface area contributed by atoms with E-state index in [1.54, 1.807) is 26.0 Å². The number of benzene rings is 1. The van der Waals surface area contributed by atoms with E-state index in [4.69, 9.17) is 10.3 Å². The van der Waals surface area contributed by atoms with Gasteiger partial charge in [0.1, 0.15) is 11.6 Å².